The lowest BCUT2D eigenvalue weighted by atomic mass is 9.53. The molecule has 0 aromatic heterocycles. The van der Waals surface area contributed by atoms with Crippen LogP contribution in [0.2, 0.25) is 0 Å². The first-order chi connectivity index (χ1) is 17.8. The fraction of sp³-hybridized carbons (Fsp3) is 0.594. The van der Waals surface area contributed by atoms with Crippen LogP contribution in [0.1, 0.15) is 105 Å². The van der Waals surface area contributed by atoms with E-state index < -0.39 is 17.2 Å². The third kappa shape index (κ3) is 9.28. The Bertz CT molecular complexity index is 1080. The topological polar surface area (TPSA) is 53.2 Å². The molecule has 0 heterocycles. The SMILES string of the molecule is C#CC(/C=C/CC(=O)CC1CC(F)(F)C1(CC)CC)=Nc1c(C)cc(C#N)cc1F.CC.CC1(C)CCC1.S.[HH]. The van der Waals surface area contributed by atoms with Crippen LogP contribution < -0.4 is 0 Å². The van der Waals surface area contributed by atoms with Gasteiger partial charge in [-0.15, -0.1) is 6.42 Å². The Balaban J connectivity index is 0. The Kier molecular flexibility index (Phi) is 14.9. The summed E-state index contributed by atoms with van der Waals surface area (Å²) in [6.45, 7) is 13.8. The van der Waals surface area contributed by atoms with Gasteiger partial charge in [-0.25, -0.2) is 18.2 Å². The monoisotopic (exact) mass is 564 g/mol. The van der Waals surface area contributed by atoms with Gasteiger partial charge in [0, 0.05) is 26.1 Å². The van der Waals surface area contributed by atoms with E-state index in [9.17, 15) is 18.0 Å². The van der Waals surface area contributed by atoms with Gasteiger partial charge in [0.05, 0.1) is 11.6 Å². The maximum absolute atomic E-state index is 14.2. The number of alkyl halides is 2. The number of terminal acetylenes is 1. The minimum atomic E-state index is -2.72. The number of benzene rings is 1. The van der Waals surface area contributed by atoms with Crippen LogP contribution in [0.15, 0.2) is 29.3 Å². The van der Waals surface area contributed by atoms with E-state index in [0.29, 0.717) is 18.4 Å². The summed E-state index contributed by atoms with van der Waals surface area (Å²) >= 11 is 0. The van der Waals surface area contributed by atoms with Gasteiger partial charge in [-0.1, -0.05) is 60.0 Å². The average Bonchev–Trinajstić information content (AvgIpc) is 2.86. The zero-order chi connectivity index (χ0) is 29.1. The molecular formula is C32H47F3N2OS. The van der Waals surface area contributed by atoms with Crippen LogP contribution in [0.4, 0.5) is 18.9 Å². The van der Waals surface area contributed by atoms with Gasteiger partial charge in [0.25, 0.3) is 5.92 Å². The molecule has 3 nitrogen and oxygen atoms in total. The number of halogens is 3. The Labute approximate surface area is 242 Å². The van der Waals surface area contributed by atoms with Gasteiger partial charge in [0.15, 0.2) is 0 Å². The Morgan fingerprint density at radius 2 is 1.79 bits per heavy atom. The minimum absolute atomic E-state index is 0. The Morgan fingerprint density at radius 1 is 1.23 bits per heavy atom. The van der Waals surface area contributed by atoms with Crippen molar-refractivity contribution >= 4 is 30.7 Å². The van der Waals surface area contributed by atoms with E-state index in [0.717, 1.165) is 11.5 Å². The predicted octanol–water partition coefficient (Wildman–Crippen LogP) is 9.66. The highest BCUT2D eigenvalue weighted by atomic mass is 32.1. The third-order valence-electron chi connectivity index (χ3n) is 7.84. The normalized spacial score (nSPS) is 19.8. The number of rotatable bonds is 8. The first-order valence-corrected chi connectivity index (χ1v) is 13.7. The fourth-order valence-electron chi connectivity index (χ4n) is 5.21. The number of aryl methyl sites for hydroxylation is 1. The van der Waals surface area contributed by atoms with Crippen molar-refractivity contribution in [2.75, 3.05) is 0 Å². The zero-order valence-electron chi connectivity index (χ0n) is 24.6. The molecule has 2 aliphatic carbocycles. The summed E-state index contributed by atoms with van der Waals surface area (Å²) in [5.74, 6) is -1.51. The molecule has 0 radical (unpaired) electrons. The van der Waals surface area contributed by atoms with Crippen molar-refractivity contribution in [2.45, 2.75) is 106 Å². The molecule has 0 aliphatic heterocycles. The van der Waals surface area contributed by atoms with Gasteiger partial charge in [-0.3, -0.25) is 4.79 Å². The molecule has 1 atom stereocenters. The lowest BCUT2D eigenvalue weighted by Crippen LogP contribution is -2.58. The molecule has 1 unspecified atom stereocenters. The number of carbonyl (C=O) groups excluding carboxylic acids is 1. The van der Waals surface area contributed by atoms with E-state index in [1.165, 1.54) is 37.5 Å². The molecule has 0 amide bonds. The number of hydrogen-bond donors (Lipinski definition) is 0. The molecule has 218 valence electrons. The summed E-state index contributed by atoms with van der Waals surface area (Å²) in [6, 6.07) is 4.45. The maximum Gasteiger partial charge on any atom is 0.254 e. The molecule has 1 aromatic rings. The van der Waals surface area contributed by atoms with E-state index in [4.69, 9.17) is 11.7 Å². The molecule has 7 heteroatoms. The molecule has 1 aromatic carbocycles. The molecular weight excluding hydrogens is 517 g/mol. The summed E-state index contributed by atoms with van der Waals surface area (Å²) in [5.41, 5.74) is 0.434. The predicted molar refractivity (Wildman–Crippen MR) is 163 cm³/mol. The first-order valence-electron chi connectivity index (χ1n) is 13.7. The van der Waals surface area contributed by atoms with Crippen molar-refractivity contribution in [3.8, 4) is 18.4 Å². The number of aliphatic imine (C=N–C) groups is 1. The lowest BCUT2D eigenvalue weighted by molar-refractivity contribution is -0.248. The number of ketones is 1. The molecule has 0 bridgehead atoms. The van der Waals surface area contributed by atoms with Crippen molar-refractivity contribution in [3.63, 3.8) is 0 Å². The standard InChI is InChI=1S/C24H25F3N2O.C6H12.C2H6.H2S.H2/c1-5-19(29-22-16(4)11-17(15-28)12-21(22)25)9-8-10-20(30)13-18-14-24(26,27)23(18,6-2)7-3;1-6(2)4-3-5-6;1-2;;/h1,8-9,11-12,18H,6-7,10,13-14H2,2-4H3;3-5H2,1-2H3;1-2H3;1H2;1H/b9-8+,29-19?;;;;. The molecule has 0 N–H and O–H groups in total. The minimum Gasteiger partial charge on any atom is -0.299 e. The van der Waals surface area contributed by atoms with Crippen LogP contribution in [-0.4, -0.2) is 17.4 Å². The van der Waals surface area contributed by atoms with Gasteiger partial charge >= 0.3 is 0 Å². The number of Topliss-reactive ketones (excluding diaryl/α,β-unsaturated/α-hetero) is 1. The highest BCUT2D eigenvalue weighted by Crippen LogP contribution is 2.63. The lowest BCUT2D eigenvalue weighted by Gasteiger charge is -2.55. The summed E-state index contributed by atoms with van der Waals surface area (Å²) in [4.78, 5) is 16.4. The molecule has 2 aliphatic rings. The number of nitrogens with zero attached hydrogens (tertiary/aromatic N) is 2. The number of nitriles is 1. The van der Waals surface area contributed by atoms with Crippen molar-refractivity contribution in [2.24, 2.45) is 21.7 Å². The molecule has 0 saturated heterocycles. The molecule has 2 saturated carbocycles. The molecule has 3 rings (SSSR count). The Hall–Kier alpha value is -2.51. The average molecular weight is 565 g/mol. The van der Waals surface area contributed by atoms with Crippen molar-refractivity contribution in [1.82, 2.24) is 0 Å². The van der Waals surface area contributed by atoms with Crippen molar-refractivity contribution in [1.29, 1.82) is 5.26 Å². The van der Waals surface area contributed by atoms with Crippen LogP contribution in [0.25, 0.3) is 0 Å². The largest absolute Gasteiger partial charge is 0.299 e. The second-order valence-corrected chi connectivity index (χ2v) is 10.7. The van der Waals surface area contributed by atoms with Crippen molar-refractivity contribution < 1.29 is 19.4 Å². The smallest absolute Gasteiger partial charge is 0.254 e. The van der Waals surface area contributed by atoms with Crippen LogP contribution in [0, 0.1) is 53.2 Å². The zero-order valence-corrected chi connectivity index (χ0v) is 25.6. The molecule has 0 spiro atoms. The van der Waals surface area contributed by atoms with E-state index in [1.54, 1.807) is 20.8 Å². The highest BCUT2D eigenvalue weighted by Gasteiger charge is 2.65. The van der Waals surface area contributed by atoms with Gasteiger partial charge in [0.1, 0.15) is 23.0 Å². The summed E-state index contributed by atoms with van der Waals surface area (Å²) in [5, 5.41) is 8.88. The highest BCUT2D eigenvalue weighted by molar-refractivity contribution is 7.59. The second-order valence-electron chi connectivity index (χ2n) is 10.7. The second kappa shape index (κ2) is 15.9. The van der Waals surface area contributed by atoms with Gasteiger partial charge in [0.2, 0.25) is 0 Å². The van der Waals surface area contributed by atoms with Gasteiger partial charge in [-0.2, -0.15) is 18.8 Å². The quantitative estimate of drug-likeness (QED) is 0.233. The maximum atomic E-state index is 14.2. The molecule has 2 fully saturated rings. The van der Waals surface area contributed by atoms with Crippen LogP contribution in [0.5, 0.6) is 0 Å². The number of hydrogen-bond acceptors (Lipinski definition) is 3. The van der Waals surface area contributed by atoms with Gasteiger partial charge in [-0.05, 0) is 67.7 Å². The van der Waals surface area contributed by atoms with Crippen LogP contribution >= 0.6 is 13.5 Å². The first kappa shape index (κ1) is 36.5. The van der Waals surface area contributed by atoms with Crippen LogP contribution in [-0.2, 0) is 4.79 Å². The number of carbonyl (C=O) groups is 1. The number of allylic oxidation sites excluding steroid dienone is 2. The van der Waals surface area contributed by atoms with E-state index in [1.807, 2.05) is 19.9 Å². The van der Waals surface area contributed by atoms with Crippen LogP contribution in [0.3, 0.4) is 0 Å². The summed E-state index contributed by atoms with van der Waals surface area (Å²) in [7, 11) is 0. The van der Waals surface area contributed by atoms with E-state index >= 15 is 0 Å². The van der Waals surface area contributed by atoms with E-state index in [2.05, 4.69) is 24.8 Å². The van der Waals surface area contributed by atoms with Gasteiger partial charge < -0.3 is 0 Å². The summed E-state index contributed by atoms with van der Waals surface area (Å²) < 4.78 is 42.3. The van der Waals surface area contributed by atoms with E-state index in [-0.39, 0.29) is 62.8 Å². The molecule has 39 heavy (non-hydrogen) atoms. The third-order valence-corrected chi connectivity index (χ3v) is 7.84. The Morgan fingerprint density at radius 3 is 2.18 bits per heavy atom. The summed E-state index contributed by atoms with van der Waals surface area (Å²) in [6.07, 6.45) is 13.3. The fourth-order valence-corrected chi connectivity index (χ4v) is 5.21. The van der Waals surface area contributed by atoms with Crippen molar-refractivity contribution in [3.05, 3.63) is 41.2 Å².